The molecule has 0 aliphatic heterocycles. The number of hydrogen-bond acceptors (Lipinski definition) is 5. The first-order chi connectivity index (χ1) is 13.0. The van der Waals surface area contributed by atoms with Crippen molar-refractivity contribution in [2.45, 2.75) is 32.5 Å². The summed E-state index contributed by atoms with van der Waals surface area (Å²) in [5, 5.41) is 10.4. The Morgan fingerprint density at radius 3 is 2.63 bits per heavy atom. The largest absolute Gasteiger partial charge is 0.486 e. The zero-order valence-corrected chi connectivity index (χ0v) is 16.4. The van der Waals surface area contributed by atoms with Crippen LogP contribution in [0.5, 0.6) is 5.75 Å². The fourth-order valence-corrected chi connectivity index (χ4v) is 2.96. The van der Waals surface area contributed by atoms with Gasteiger partial charge in [-0.3, -0.25) is 9.89 Å². The van der Waals surface area contributed by atoms with Gasteiger partial charge in [-0.05, 0) is 56.2 Å². The number of ether oxygens (including phenoxy) is 1. The number of nitrogens with one attached hydrogen (secondary N) is 2. The van der Waals surface area contributed by atoms with Gasteiger partial charge in [-0.15, -0.1) is 5.10 Å². The van der Waals surface area contributed by atoms with Crippen molar-refractivity contribution in [3.63, 3.8) is 0 Å². The van der Waals surface area contributed by atoms with E-state index in [4.69, 9.17) is 4.74 Å². The molecule has 2 N–H and O–H groups in total. The van der Waals surface area contributed by atoms with Gasteiger partial charge in [0.1, 0.15) is 12.4 Å². The summed E-state index contributed by atoms with van der Waals surface area (Å²) in [7, 11) is 0. The number of nitrogens with zero attached hydrogens (tertiary/aromatic N) is 2. The van der Waals surface area contributed by atoms with Crippen LogP contribution in [0.1, 0.15) is 22.5 Å². The predicted molar refractivity (Wildman–Crippen MR) is 107 cm³/mol. The zero-order chi connectivity index (χ0) is 19.2. The van der Waals surface area contributed by atoms with Crippen LogP contribution in [0, 0.1) is 20.8 Å². The fraction of sp³-hybridized carbons (Fsp3) is 0.250. The number of aryl methyl sites for hydroxylation is 3. The number of aromatic amines is 1. The van der Waals surface area contributed by atoms with Crippen LogP contribution in [-0.4, -0.2) is 26.8 Å². The molecular weight excluding hydrogens is 360 g/mol. The van der Waals surface area contributed by atoms with E-state index in [0.717, 1.165) is 17.0 Å². The smallest absolute Gasteiger partial charge is 0.234 e. The SMILES string of the molecule is Cc1ccc(OCc2nc(SCC(=O)Nc3ccc(C)c(C)c3)n[nH]2)cc1. The van der Waals surface area contributed by atoms with Gasteiger partial charge in [-0.2, -0.15) is 0 Å². The highest BCUT2D eigenvalue weighted by molar-refractivity contribution is 7.99. The van der Waals surface area contributed by atoms with Gasteiger partial charge in [0.15, 0.2) is 5.82 Å². The third kappa shape index (κ3) is 5.59. The van der Waals surface area contributed by atoms with Gasteiger partial charge in [-0.25, -0.2) is 4.98 Å². The molecule has 1 amide bonds. The number of anilines is 1. The molecule has 7 heteroatoms. The highest BCUT2D eigenvalue weighted by atomic mass is 32.2. The quantitative estimate of drug-likeness (QED) is 0.603. The first kappa shape index (κ1) is 19.0. The molecule has 0 radical (unpaired) electrons. The molecule has 6 nitrogen and oxygen atoms in total. The molecule has 140 valence electrons. The minimum absolute atomic E-state index is 0.0921. The number of carbonyl (C=O) groups excluding carboxylic acids is 1. The van der Waals surface area contributed by atoms with E-state index in [1.54, 1.807) is 0 Å². The van der Waals surface area contributed by atoms with Gasteiger partial charge in [0.25, 0.3) is 0 Å². The van der Waals surface area contributed by atoms with Crippen LogP contribution >= 0.6 is 11.8 Å². The van der Waals surface area contributed by atoms with Crippen molar-refractivity contribution in [1.82, 2.24) is 15.2 Å². The molecule has 3 rings (SSSR count). The summed E-state index contributed by atoms with van der Waals surface area (Å²) in [6, 6.07) is 13.7. The number of amides is 1. The molecule has 0 saturated carbocycles. The van der Waals surface area contributed by atoms with Gasteiger partial charge in [-0.1, -0.05) is 35.5 Å². The molecule has 1 aromatic heterocycles. The minimum atomic E-state index is -0.0921. The van der Waals surface area contributed by atoms with Gasteiger partial charge < -0.3 is 10.1 Å². The Morgan fingerprint density at radius 1 is 1.11 bits per heavy atom. The molecule has 1 heterocycles. The van der Waals surface area contributed by atoms with Gasteiger partial charge >= 0.3 is 0 Å². The Bertz CT molecular complexity index is 922. The third-order valence-electron chi connectivity index (χ3n) is 4.03. The van der Waals surface area contributed by atoms with Crippen LogP contribution in [0.3, 0.4) is 0 Å². The number of hydrogen-bond donors (Lipinski definition) is 2. The topological polar surface area (TPSA) is 79.9 Å². The van der Waals surface area contributed by atoms with Crippen molar-refractivity contribution in [2.24, 2.45) is 0 Å². The van der Waals surface area contributed by atoms with E-state index < -0.39 is 0 Å². The molecular formula is C20H22N4O2S. The number of aromatic nitrogens is 3. The Balaban J connectivity index is 1.46. The lowest BCUT2D eigenvalue weighted by atomic mass is 10.1. The van der Waals surface area contributed by atoms with Gasteiger partial charge in [0.2, 0.25) is 11.1 Å². The molecule has 27 heavy (non-hydrogen) atoms. The second-order valence-electron chi connectivity index (χ2n) is 6.30. The van der Waals surface area contributed by atoms with E-state index in [2.05, 4.69) is 20.5 Å². The Labute approximate surface area is 162 Å². The summed E-state index contributed by atoms with van der Waals surface area (Å²) in [5.41, 5.74) is 4.32. The predicted octanol–water partition coefficient (Wildman–Crippen LogP) is 4.04. The Kier molecular flexibility index (Phi) is 6.13. The summed E-state index contributed by atoms with van der Waals surface area (Å²) in [6.45, 7) is 6.39. The van der Waals surface area contributed by atoms with Crippen molar-refractivity contribution in [3.05, 3.63) is 65.0 Å². The third-order valence-corrected chi connectivity index (χ3v) is 4.88. The zero-order valence-electron chi connectivity index (χ0n) is 15.6. The van der Waals surface area contributed by atoms with Crippen LogP contribution in [-0.2, 0) is 11.4 Å². The summed E-state index contributed by atoms with van der Waals surface area (Å²) in [4.78, 5) is 16.4. The number of thioether (sulfide) groups is 1. The van der Waals surface area contributed by atoms with Crippen LogP contribution < -0.4 is 10.1 Å². The molecule has 0 spiro atoms. The summed E-state index contributed by atoms with van der Waals surface area (Å²) >= 11 is 1.28. The van der Waals surface area contributed by atoms with Crippen molar-refractivity contribution < 1.29 is 9.53 Å². The van der Waals surface area contributed by atoms with E-state index in [9.17, 15) is 4.79 Å². The Morgan fingerprint density at radius 2 is 1.89 bits per heavy atom. The summed E-state index contributed by atoms with van der Waals surface area (Å²) < 4.78 is 5.66. The lowest BCUT2D eigenvalue weighted by Gasteiger charge is -2.06. The second kappa shape index (κ2) is 8.73. The summed E-state index contributed by atoms with van der Waals surface area (Å²) in [5.74, 6) is 1.54. The van der Waals surface area contributed by atoms with Crippen LogP contribution in [0.4, 0.5) is 5.69 Å². The summed E-state index contributed by atoms with van der Waals surface area (Å²) in [6.07, 6.45) is 0. The molecule has 0 aliphatic rings. The number of rotatable bonds is 7. The van der Waals surface area contributed by atoms with Crippen molar-refractivity contribution in [1.29, 1.82) is 0 Å². The second-order valence-corrected chi connectivity index (χ2v) is 7.24. The van der Waals surface area contributed by atoms with Crippen molar-refractivity contribution in [2.75, 3.05) is 11.1 Å². The van der Waals surface area contributed by atoms with E-state index in [1.807, 2.05) is 63.2 Å². The molecule has 0 bridgehead atoms. The maximum Gasteiger partial charge on any atom is 0.234 e. The van der Waals surface area contributed by atoms with Gasteiger partial charge in [0, 0.05) is 5.69 Å². The average Bonchev–Trinajstić information content (AvgIpc) is 3.11. The fourth-order valence-electron chi connectivity index (χ4n) is 2.34. The van der Waals surface area contributed by atoms with Crippen LogP contribution in [0.2, 0.25) is 0 Å². The number of benzene rings is 2. The average molecular weight is 382 g/mol. The highest BCUT2D eigenvalue weighted by Gasteiger charge is 2.09. The maximum absolute atomic E-state index is 12.1. The molecule has 2 aromatic carbocycles. The molecule has 0 atom stereocenters. The van der Waals surface area contributed by atoms with E-state index in [0.29, 0.717) is 17.6 Å². The van der Waals surface area contributed by atoms with E-state index >= 15 is 0 Å². The Hall–Kier alpha value is -2.80. The molecule has 0 aliphatic carbocycles. The monoisotopic (exact) mass is 382 g/mol. The molecule has 0 fully saturated rings. The first-order valence-corrected chi connectivity index (χ1v) is 9.59. The standard InChI is InChI=1S/C20H22N4O2S/c1-13-4-8-17(9-5-13)26-11-18-22-20(24-23-18)27-12-19(25)21-16-7-6-14(2)15(3)10-16/h4-10H,11-12H2,1-3H3,(H,21,25)(H,22,23,24). The van der Waals surface area contributed by atoms with Gasteiger partial charge in [0.05, 0.1) is 5.75 Å². The first-order valence-electron chi connectivity index (χ1n) is 8.60. The van der Waals surface area contributed by atoms with E-state index in [-0.39, 0.29) is 11.7 Å². The molecule has 3 aromatic rings. The lowest BCUT2D eigenvalue weighted by molar-refractivity contribution is -0.113. The normalized spacial score (nSPS) is 10.6. The van der Waals surface area contributed by atoms with Crippen molar-refractivity contribution in [3.8, 4) is 5.75 Å². The van der Waals surface area contributed by atoms with Crippen molar-refractivity contribution >= 4 is 23.4 Å². The lowest BCUT2D eigenvalue weighted by Crippen LogP contribution is -2.14. The number of H-pyrrole nitrogens is 1. The maximum atomic E-state index is 12.1. The minimum Gasteiger partial charge on any atom is -0.486 e. The van der Waals surface area contributed by atoms with E-state index in [1.165, 1.54) is 22.9 Å². The molecule has 0 unspecified atom stereocenters. The highest BCUT2D eigenvalue weighted by Crippen LogP contribution is 2.17. The van der Waals surface area contributed by atoms with Crippen LogP contribution in [0.25, 0.3) is 0 Å². The number of carbonyl (C=O) groups is 1. The van der Waals surface area contributed by atoms with Crippen LogP contribution in [0.15, 0.2) is 47.6 Å². The molecule has 0 saturated heterocycles.